The van der Waals surface area contributed by atoms with E-state index in [1.807, 2.05) is 122 Å². The zero-order chi connectivity index (χ0) is 34.9. The van der Waals surface area contributed by atoms with Gasteiger partial charge in [0, 0.05) is 91.0 Å². The first-order valence-corrected chi connectivity index (χ1v) is 16.7. The Morgan fingerprint density at radius 2 is 1.37 bits per heavy atom. The molecule has 1 aromatic carbocycles. The highest BCUT2D eigenvalue weighted by Gasteiger charge is 2.25. The van der Waals surface area contributed by atoms with Crippen LogP contribution in [0.1, 0.15) is 22.9 Å². The number of nitrogens with zero attached hydrogens (tertiary/aromatic N) is 13. The molecule has 0 aliphatic heterocycles. The van der Waals surface area contributed by atoms with Crippen LogP contribution >= 0.6 is 0 Å². The summed E-state index contributed by atoms with van der Waals surface area (Å²) in [4.78, 5) is 21.4. The van der Waals surface area contributed by atoms with Crippen molar-refractivity contribution in [3.8, 4) is 22.3 Å². The minimum Gasteiger partial charge on any atom is -0.346 e. The molecule has 1 atom stereocenters. The van der Waals surface area contributed by atoms with Gasteiger partial charge in [-0.15, -0.1) is 0 Å². The lowest BCUT2D eigenvalue weighted by molar-refractivity contribution is 0.664. The maximum Gasteiger partial charge on any atom is 0.165 e. The van der Waals surface area contributed by atoms with E-state index >= 15 is 0 Å². The molecule has 1 N–H and O–H groups in total. The van der Waals surface area contributed by atoms with Crippen LogP contribution in [0.2, 0.25) is 0 Å². The largest absolute Gasteiger partial charge is 0.346 e. The number of rotatable bonds is 11. The molecule has 52 heavy (non-hydrogen) atoms. The van der Waals surface area contributed by atoms with Crippen molar-refractivity contribution >= 4 is 22.9 Å². The van der Waals surface area contributed by atoms with Crippen LogP contribution in [-0.4, -0.2) is 58.7 Å². The zero-order valence-electron chi connectivity index (χ0n) is 28.1. The fourth-order valence-corrected chi connectivity index (χ4v) is 6.31. The maximum atomic E-state index is 5.20. The first kappa shape index (κ1) is 30.8. The van der Waals surface area contributed by atoms with Crippen molar-refractivity contribution in [3.05, 3.63) is 158 Å². The summed E-state index contributed by atoms with van der Waals surface area (Å²) in [5.74, 6) is 1.37. The van der Waals surface area contributed by atoms with Crippen LogP contribution in [0, 0.1) is 0 Å². The number of benzene rings is 1. The summed E-state index contributed by atoms with van der Waals surface area (Å²) in [6.07, 6.45) is 22.0. The SMILES string of the molecule is Cn1cc(-c2cnn3ccc(N(Cc4cccnc4)C(Nc4ccn5ncc(-c6cnn(Cc7ccccc7)c6)c5n4)c4cccnc4)nc23)cn1. The lowest BCUT2D eigenvalue weighted by Gasteiger charge is -2.34. The molecule has 254 valence electrons. The molecule has 0 fully saturated rings. The minimum absolute atomic E-state index is 0.441. The van der Waals surface area contributed by atoms with E-state index in [0.29, 0.717) is 30.2 Å². The summed E-state index contributed by atoms with van der Waals surface area (Å²) in [7, 11) is 1.89. The molecule has 0 spiro atoms. The molecule has 0 saturated heterocycles. The molecular weight excluding hydrogens is 653 g/mol. The normalized spacial score (nSPS) is 12.0. The molecule has 9 rings (SSSR count). The highest BCUT2D eigenvalue weighted by atomic mass is 15.3. The molecule has 0 radical (unpaired) electrons. The smallest absolute Gasteiger partial charge is 0.165 e. The maximum absolute atomic E-state index is 5.20. The van der Waals surface area contributed by atoms with Gasteiger partial charge in [-0.05, 0) is 35.4 Å². The number of pyridine rings is 2. The van der Waals surface area contributed by atoms with Crippen LogP contribution in [0.4, 0.5) is 11.6 Å². The van der Waals surface area contributed by atoms with Crippen molar-refractivity contribution in [2.75, 3.05) is 10.2 Å². The van der Waals surface area contributed by atoms with Gasteiger partial charge in [-0.1, -0.05) is 42.5 Å². The van der Waals surface area contributed by atoms with E-state index < -0.39 is 6.17 Å². The van der Waals surface area contributed by atoms with Gasteiger partial charge in [-0.3, -0.25) is 19.3 Å². The van der Waals surface area contributed by atoms with Crippen molar-refractivity contribution in [3.63, 3.8) is 0 Å². The van der Waals surface area contributed by atoms with E-state index in [0.717, 1.165) is 39.2 Å². The van der Waals surface area contributed by atoms with Gasteiger partial charge in [0.1, 0.15) is 17.8 Å². The van der Waals surface area contributed by atoms with Gasteiger partial charge in [-0.2, -0.15) is 20.4 Å². The summed E-state index contributed by atoms with van der Waals surface area (Å²) in [5.41, 5.74) is 8.15. The molecule has 14 nitrogen and oxygen atoms in total. The Morgan fingerprint density at radius 3 is 2.10 bits per heavy atom. The molecule has 9 aromatic rings. The fourth-order valence-electron chi connectivity index (χ4n) is 6.31. The van der Waals surface area contributed by atoms with Crippen LogP contribution in [0.5, 0.6) is 0 Å². The van der Waals surface area contributed by atoms with Crippen LogP contribution in [0.15, 0.2) is 141 Å². The monoisotopic (exact) mass is 684 g/mol. The third-order valence-corrected chi connectivity index (χ3v) is 8.84. The molecule has 8 aromatic heterocycles. The van der Waals surface area contributed by atoms with Gasteiger partial charge in [0.25, 0.3) is 0 Å². The minimum atomic E-state index is -0.441. The molecule has 0 aliphatic rings. The van der Waals surface area contributed by atoms with Crippen molar-refractivity contribution < 1.29 is 0 Å². The topological polar surface area (TPSA) is 137 Å². The quantitative estimate of drug-likeness (QED) is 0.169. The summed E-state index contributed by atoms with van der Waals surface area (Å²) in [6.45, 7) is 1.16. The van der Waals surface area contributed by atoms with Crippen LogP contribution in [0.3, 0.4) is 0 Å². The van der Waals surface area contributed by atoms with Crippen molar-refractivity contribution in [2.24, 2.45) is 7.05 Å². The van der Waals surface area contributed by atoms with E-state index in [9.17, 15) is 0 Å². The van der Waals surface area contributed by atoms with Crippen molar-refractivity contribution in [1.82, 2.24) is 58.7 Å². The predicted molar refractivity (Wildman–Crippen MR) is 196 cm³/mol. The number of anilines is 2. The highest BCUT2D eigenvalue weighted by molar-refractivity contribution is 5.78. The predicted octanol–water partition coefficient (Wildman–Crippen LogP) is 5.69. The average Bonchev–Trinajstić information content (AvgIpc) is 4.01. The molecule has 14 heteroatoms. The molecule has 0 bridgehead atoms. The van der Waals surface area contributed by atoms with E-state index in [-0.39, 0.29) is 0 Å². The lowest BCUT2D eigenvalue weighted by atomic mass is 10.1. The molecule has 1 unspecified atom stereocenters. The molecular formula is C38H32N14. The Bertz CT molecular complexity index is 2590. The van der Waals surface area contributed by atoms with Crippen LogP contribution in [-0.2, 0) is 20.1 Å². The number of hydrogen-bond acceptors (Lipinski definition) is 10. The zero-order valence-corrected chi connectivity index (χ0v) is 28.1. The van der Waals surface area contributed by atoms with E-state index in [4.69, 9.17) is 9.97 Å². The Kier molecular flexibility index (Phi) is 7.85. The standard InChI is InChI=1S/C38H32N14/c1-48-25-30(19-41-48)32-21-44-52-16-12-35(47-38(32)52)50(24-28-9-5-13-39-17-28)36(29-10-6-14-40-18-29)45-34-11-15-51-37(46-34)33(22-43-51)31-20-42-49(26-31)23-27-7-3-2-4-8-27/h2-22,25-26,36H,23-24H2,1H3,(H,45,46). The van der Waals surface area contributed by atoms with Gasteiger partial charge >= 0.3 is 0 Å². The molecule has 8 heterocycles. The number of aromatic nitrogens is 12. The van der Waals surface area contributed by atoms with Crippen LogP contribution in [0.25, 0.3) is 33.5 Å². The highest BCUT2D eigenvalue weighted by Crippen LogP contribution is 2.32. The van der Waals surface area contributed by atoms with Gasteiger partial charge in [0.2, 0.25) is 0 Å². The number of fused-ring (bicyclic) bond motifs is 2. The van der Waals surface area contributed by atoms with Gasteiger partial charge < -0.3 is 10.2 Å². The van der Waals surface area contributed by atoms with E-state index in [2.05, 4.69) is 58.8 Å². The Balaban J connectivity index is 1.11. The third kappa shape index (κ3) is 6.08. The van der Waals surface area contributed by atoms with Crippen molar-refractivity contribution in [2.45, 2.75) is 19.3 Å². The van der Waals surface area contributed by atoms with Gasteiger partial charge in [0.15, 0.2) is 11.3 Å². The lowest BCUT2D eigenvalue weighted by Crippen LogP contribution is -2.34. The van der Waals surface area contributed by atoms with Gasteiger partial charge in [-0.25, -0.2) is 19.0 Å². The number of aryl methyl sites for hydroxylation is 1. The Labute approximate surface area is 297 Å². The van der Waals surface area contributed by atoms with Crippen molar-refractivity contribution in [1.29, 1.82) is 0 Å². The molecule has 0 aliphatic carbocycles. The fraction of sp³-hybridized carbons (Fsp3) is 0.105. The Hall–Kier alpha value is -7.22. The van der Waals surface area contributed by atoms with Crippen LogP contribution < -0.4 is 10.2 Å². The second kappa shape index (κ2) is 13.2. The number of nitrogens with one attached hydrogen (secondary N) is 1. The third-order valence-electron chi connectivity index (χ3n) is 8.84. The first-order valence-electron chi connectivity index (χ1n) is 16.7. The summed E-state index contributed by atoms with van der Waals surface area (Å²) >= 11 is 0. The summed E-state index contributed by atoms with van der Waals surface area (Å²) < 4.78 is 7.25. The molecule has 0 saturated carbocycles. The summed E-state index contributed by atoms with van der Waals surface area (Å²) in [6, 6.07) is 22.1. The first-order chi connectivity index (χ1) is 25.6. The second-order valence-electron chi connectivity index (χ2n) is 12.4. The van der Waals surface area contributed by atoms with E-state index in [1.165, 1.54) is 5.56 Å². The molecule has 0 amide bonds. The number of hydrogen-bond donors (Lipinski definition) is 1. The van der Waals surface area contributed by atoms with Gasteiger partial charge in [0.05, 0.1) is 31.3 Å². The van der Waals surface area contributed by atoms with E-state index in [1.54, 1.807) is 26.1 Å². The Morgan fingerprint density at radius 1 is 0.654 bits per heavy atom. The second-order valence-corrected chi connectivity index (χ2v) is 12.4. The summed E-state index contributed by atoms with van der Waals surface area (Å²) in [5, 5.41) is 21.9. The average molecular weight is 685 g/mol.